The van der Waals surface area contributed by atoms with E-state index >= 15 is 0 Å². The van der Waals surface area contributed by atoms with Crippen LogP contribution in [0, 0.1) is 5.92 Å². The van der Waals surface area contributed by atoms with E-state index in [1.165, 1.54) is 12.7 Å². The van der Waals surface area contributed by atoms with Gasteiger partial charge in [-0.05, 0) is 18.1 Å². The van der Waals surface area contributed by atoms with E-state index in [1.54, 1.807) is 10.9 Å². The average molecular weight is 244 g/mol. The number of ether oxygens (including phenoxy) is 1. The summed E-state index contributed by atoms with van der Waals surface area (Å²) in [6.45, 7) is 4.93. The van der Waals surface area contributed by atoms with Crippen LogP contribution in [0.4, 0.5) is 0 Å². The van der Waals surface area contributed by atoms with Crippen molar-refractivity contribution in [2.75, 3.05) is 6.61 Å². The van der Waals surface area contributed by atoms with Gasteiger partial charge >= 0.3 is 0 Å². The van der Waals surface area contributed by atoms with Gasteiger partial charge in [0.2, 0.25) is 0 Å². The van der Waals surface area contributed by atoms with Gasteiger partial charge in [-0.15, -0.1) is 10.2 Å². The Hall–Kier alpha value is -2.17. The second-order valence-electron chi connectivity index (χ2n) is 4.33. The topological polar surface area (TPSA) is 52.3 Å². The van der Waals surface area contributed by atoms with E-state index in [-0.39, 0.29) is 0 Å². The number of nitrogens with zero attached hydrogens (tertiary/aromatic N) is 4. The molecule has 5 nitrogen and oxygen atoms in total. The summed E-state index contributed by atoms with van der Waals surface area (Å²) in [5.74, 6) is 1.33. The van der Waals surface area contributed by atoms with Crippen LogP contribution in [0.15, 0.2) is 42.0 Å². The van der Waals surface area contributed by atoms with E-state index in [1.807, 2.05) is 24.3 Å². The first-order chi connectivity index (χ1) is 8.75. The molecule has 0 atom stereocenters. The highest BCUT2D eigenvalue weighted by Gasteiger charge is 2.01. The van der Waals surface area contributed by atoms with Crippen molar-refractivity contribution >= 4 is 6.21 Å². The second-order valence-corrected chi connectivity index (χ2v) is 4.33. The molecule has 0 saturated heterocycles. The van der Waals surface area contributed by atoms with E-state index in [4.69, 9.17) is 4.74 Å². The zero-order valence-electron chi connectivity index (χ0n) is 10.5. The van der Waals surface area contributed by atoms with Crippen molar-refractivity contribution in [3.05, 3.63) is 42.5 Å². The maximum atomic E-state index is 5.74. The minimum atomic E-state index is 0.493. The van der Waals surface area contributed by atoms with Crippen molar-refractivity contribution in [1.29, 1.82) is 0 Å². The van der Waals surface area contributed by atoms with Crippen molar-refractivity contribution in [1.82, 2.24) is 14.9 Å². The lowest BCUT2D eigenvalue weighted by Gasteiger charge is -2.10. The lowest BCUT2D eigenvalue weighted by molar-refractivity contribution is 0.270. The number of rotatable bonds is 5. The predicted molar refractivity (Wildman–Crippen MR) is 69.8 cm³/mol. The number of hydrogen-bond donors (Lipinski definition) is 0. The van der Waals surface area contributed by atoms with Crippen LogP contribution < -0.4 is 4.74 Å². The second kappa shape index (κ2) is 5.95. The molecule has 0 aliphatic carbocycles. The van der Waals surface area contributed by atoms with E-state index in [0.717, 1.165) is 11.3 Å². The van der Waals surface area contributed by atoms with Crippen LogP contribution in [-0.2, 0) is 0 Å². The third-order valence-corrected chi connectivity index (χ3v) is 2.23. The molecule has 0 spiro atoms. The van der Waals surface area contributed by atoms with Crippen molar-refractivity contribution in [2.24, 2.45) is 11.0 Å². The van der Waals surface area contributed by atoms with Crippen LogP contribution in [0.3, 0.4) is 0 Å². The monoisotopic (exact) mass is 244 g/mol. The van der Waals surface area contributed by atoms with E-state index in [9.17, 15) is 0 Å². The van der Waals surface area contributed by atoms with Crippen LogP contribution in [0.2, 0.25) is 0 Å². The van der Waals surface area contributed by atoms with Gasteiger partial charge < -0.3 is 4.74 Å². The fourth-order valence-electron chi connectivity index (χ4n) is 1.36. The highest BCUT2D eigenvalue weighted by molar-refractivity contribution is 5.83. The summed E-state index contributed by atoms with van der Waals surface area (Å²) >= 11 is 0. The van der Waals surface area contributed by atoms with Gasteiger partial charge in [-0.25, -0.2) is 4.68 Å². The summed E-state index contributed by atoms with van der Waals surface area (Å²) < 4.78 is 7.28. The third-order valence-electron chi connectivity index (χ3n) is 2.23. The Bertz CT molecular complexity index is 505. The summed E-state index contributed by atoms with van der Waals surface area (Å²) in [5, 5.41) is 11.6. The summed E-state index contributed by atoms with van der Waals surface area (Å²) in [4.78, 5) is 0. The first-order valence-corrected chi connectivity index (χ1v) is 5.86. The standard InChI is InChI=1S/C13H16N4O/c1-11(2)8-18-13-6-4-3-5-12(13)7-16-17-9-14-15-10-17/h3-7,9-11H,8H2,1-2H3/b16-7-. The van der Waals surface area contributed by atoms with Crippen LogP contribution in [0.5, 0.6) is 5.75 Å². The quantitative estimate of drug-likeness (QED) is 0.758. The summed E-state index contributed by atoms with van der Waals surface area (Å²) in [6, 6.07) is 7.81. The Morgan fingerprint density at radius 1 is 1.28 bits per heavy atom. The van der Waals surface area contributed by atoms with Gasteiger partial charge in [-0.3, -0.25) is 0 Å². The predicted octanol–water partition coefficient (Wildman–Crippen LogP) is 2.20. The lowest BCUT2D eigenvalue weighted by Crippen LogP contribution is -2.06. The minimum absolute atomic E-state index is 0.493. The highest BCUT2D eigenvalue weighted by atomic mass is 16.5. The molecule has 0 N–H and O–H groups in total. The molecule has 1 heterocycles. The molecule has 0 fully saturated rings. The van der Waals surface area contributed by atoms with Gasteiger partial charge in [0.15, 0.2) is 0 Å². The molecule has 18 heavy (non-hydrogen) atoms. The molecule has 0 unspecified atom stereocenters. The Labute approximate surface area is 106 Å². The SMILES string of the molecule is CC(C)COc1ccccc1/C=N\n1cnnc1. The molecule has 2 rings (SSSR count). The smallest absolute Gasteiger partial charge is 0.141 e. The van der Waals surface area contributed by atoms with Gasteiger partial charge in [-0.1, -0.05) is 26.0 Å². The average Bonchev–Trinajstić information content (AvgIpc) is 2.88. The van der Waals surface area contributed by atoms with Crippen LogP contribution >= 0.6 is 0 Å². The Morgan fingerprint density at radius 2 is 2.00 bits per heavy atom. The van der Waals surface area contributed by atoms with Crippen molar-refractivity contribution in [3.63, 3.8) is 0 Å². The zero-order valence-corrected chi connectivity index (χ0v) is 10.5. The number of aromatic nitrogens is 3. The van der Waals surface area contributed by atoms with Crippen molar-refractivity contribution in [3.8, 4) is 5.75 Å². The van der Waals surface area contributed by atoms with Crippen molar-refractivity contribution in [2.45, 2.75) is 13.8 Å². The fraction of sp³-hybridized carbons (Fsp3) is 0.308. The van der Waals surface area contributed by atoms with E-state index in [0.29, 0.717) is 12.5 Å². The molecule has 2 aromatic rings. The maximum absolute atomic E-state index is 5.74. The normalized spacial score (nSPS) is 11.3. The number of para-hydroxylation sites is 1. The molecule has 0 aliphatic heterocycles. The Morgan fingerprint density at radius 3 is 2.72 bits per heavy atom. The molecule has 0 amide bonds. The molecule has 94 valence electrons. The Kier molecular flexibility index (Phi) is 4.06. The summed E-state index contributed by atoms with van der Waals surface area (Å²) in [7, 11) is 0. The minimum Gasteiger partial charge on any atom is -0.493 e. The summed E-state index contributed by atoms with van der Waals surface area (Å²) in [5.41, 5.74) is 0.937. The van der Waals surface area contributed by atoms with Crippen molar-refractivity contribution < 1.29 is 4.74 Å². The Balaban J connectivity index is 2.12. The molecule has 0 aliphatic rings. The highest BCUT2D eigenvalue weighted by Crippen LogP contribution is 2.16. The van der Waals surface area contributed by atoms with Gasteiger partial charge in [-0.2, -0.15) is 5.10 Å². The first-order valence-electron chi connectivity index (χ1n) is 5.86. The van der Waals surface area contributed by atoms with E-state index < -0.39 is 0 Å². The van der Waals surface area contributed by atoms with Crippen LogP contribution in [0.1, 0.15) is 19.4 Å². The molecular formula is C13H16N4O. The molecule has 5 heteroatoms. The fourth-order valence-corrected chi connectivity index (χ4v) is 1.36. The molecular weight excluding hydrogens is 228 g/mol. The number of hydrogen-bond acceptors (Lipinski definition) is 4. The first kappa shape index (κ1) is 12.3. The summed E-state index contributed by atoms with van der Waals surface area (Å²) in [6.07, 6.45) is 4.81. The van der Waals surface area contributed by atoms with Gasteiger partial charge in [0.1, 0.15) is 18.4 Å². The van der Waals surface area contributed by atoms with E-state index in [2.05, 4.69) is 29.1 Å². The molecule has 0 radical (unpaired) electrons. The number of benzene rings is 1. The van der Waals surface area contributed by atoms with Gasteiger partial charge in [0, 0.05) is 5.56 Å². The lowest BCUT2D eigenvalue weighted by atomic mass is 10.2. The van der Waals surface area contributed by atoms with Crippen LogP contribution in [-0.4, -0.2) is 27.7 Å². The molecule has 1 aromatic heterocycles. The zero-order chi connectivity index (χ0) is 12.8. The van der Waals surface area contributed by atoms with Gasteiger partial charge in [0.25, 0.3) is 0 Å². The largest absolute Gasteiger partial charge is 0.493 e. The third kappa shape index (κ3) is 3.41. The maximum Gasteiger partial charge on any atom is 0.141 e. The molecule has 0 bridgehead atoms. The van der Waals surface area contributed by atoms with Gasteiger partial charge in [0.05, 0.1) is 12.8 Å². The molecule has 1 aromatic carbocycles. The van der Waals surface area contributed by atoms with Crippen LogP contribution in [0.25, 0.3) is 0 Å². The molecule has 0 saturated carbocycles.